The van der Waals surface area contributed by atoms with Crippen molar-refractivity contribution < 1.29 is 0 Å². The molecule has 2 atom stereocenters. The van der Waals surface area contributed by atoms with E-state index >= 15 is 0 Å². The minimum atomic E-state index is -0.184. The van der Waals surface area contributed by atoms with Crippen LogP contribution in [0.25, 0.3) is 32.7 Å². The number of aryl methyl sites for hydroxylation is 1. The average molecular weight is 969 g/mol. The highest BCUT2D eigenvalue weighted by molar-refractivity contribution is 6.01. The molecule has 8 aromatic carbocycles. The molecule has 0 aromatic heterocycles. The van der Waals surface area contributed by atoms with Gasteiger partial charge in [-0.2, -0.15) is 0 Å². The van der Waals surface area contributed by atoms with Gasteiger partial charge in [0.15, 0.2) is 0 Å². The fraction of sp³-hybridized carbons (Fsp3) is 0.380. The average Bonchev–Trinajstić information content (AvgIpc) is 3.69. The molecule has 0 radical (unpaired) electrons. The maximum absolute atomic E-state index is 2.65. The van der Waals surface area contributed by atoms with Gasteiger partial charge in [-0.05, 0) is 141 Å². The summed E-state index contributed by atoms with van der Waals surface area (Å²) >= 11 is 0. The van der Waals surface area contributed by atoms with E-state index < -0.39 is 0 Å². The van der Waals surface area contributed by atoms with E-state index in [1.54, 1.807) is 0 Å². The standard InChI is InChI=1S/C67H76N2.2C2H6/c1-9-14-22-49(12-4)46-67(47-50(13-5)23-15-10-2)62-44-56(68(54-36-32-48(11-3)33-37-54)64-30-20-26-51-24-16-18-28-58(51)64)40-42-60(62)61-43-41-57(45-63(61)67)69(55-38-34-53(35-39-55)66(6,7)8)65-31-21-27-52-25-17-19-29-59(52)65;2*1-2/h16-21,24-45,49-50H,9-15,22-23,46-47H2,1-8H3;2*1-2H3. The lowest BCUT2D eigenvalue weighted by molar-refractivity contribution is 0.266. The molecule has 2 nitrogen and oxygen atoms in total. The van der Waals surface area contributed by atoms with Crippen molar-refractivity contribution in [2.24, 2.45) is 11.8 Å². The number of benzene rings is 8. The van der Waals surface area contributed by atoms with Gasteiger partial charge in [0.25, 0.3) is 0 Å². The lowest BCUT2D eigenvalue weighted by Crippen LogP contribution is -2.32. The van der Waals surface area contributed by atoms with E-state index in [0.717, 1.165) is 19.3 Å². The van der Waals surface area contributed by atoms with Crippen LogP contribution in [0.3, 0.4) is 0 Å². The van der Waals surface area contributed by atoms with Gasteiger partial charge < -0.3 is 9.80 Å². The van der Waals surface area contributed by atoms with Crippen LogP contribution in [-0.4, -0.2) is 0 Å². The molecule has 0 saturated heterocycles. The van der Waals surface area contributed by atoms with Gasteiger partial charge in [-0.15, -0.1) is 0 Å². The predicted octanol–water partition coefficient (Wildman–Crippen LogP) is 22.3. The fourth-order valence-electron chi connectivity index (χ4n) is 11.8. The third-order valence-corrected chi connectivity index (χ3v) is 15.8. The Balaban J connectivity index is 0.00000190. The Morgan fingerprint density at radius 3 is 1.23 bits per heavy atom. The van der Waals surface area contributed by atoms with Crippen LogP contribution in [0.5, 0.6) is 0 Å². The molecule has 2 unspecified atom stereocenters. The van der Waals surface area contributed by atoms with Crippen LogP contribution >= 0.6 is 0 Å². The van der Waals surface area contributed by atoms with Crippen molar-refractivity contribution in [3.05, 3.63) is 192 Å². The Morgan fingerprint density at radius 1 is 0.438 bits per heavy atom. The SMILES string of the molecule is CC.CC.CCCCC(CC)CC1(CC(CC)CCCC)c2cc(N(c3ccc(CC)cc3)c3cccc4ccccc34)ccc2-c2ccc(N(c3ccc(C(C)(C)C)cc3)c3cccc4ccccc34)cc21. The quantitative estimate of drug-likeness (QED) is 0.0797. The van der Waals surface area contributed by atoms with Crippen molar-refractivity contribution in [2.45, 2.75) is 165 Å². The summed E-state index contributed by atoms with van der Waals surface area (Å²) in [5, 5.41) is 5.04. The number of anilines is 6. The van der Waals surface area contributed by atoms with Gasteiger partial charge in [0.2, 0.25) is 0 Å². The molecule has 73 heavy (non-hydrogen) atoms. The minimum absolute atomic E-state index is 0.0595. The zero-order chi connectivity index (χ0) is 52.1. The highest BCUT2D eigenvalue weighted by Gasteiger charge is 2.46. The van der Waals surface area contributed by atoms with Gasteiger partial charge in [-0.1, -0.05) is 244 Å². The van der Waals surface area contributed by atoms with E-state index in [-0.39, 0.29) is 10.8 Å². The van der Waals surface area contributed by atoms with E-state index in [9.17, 15) is 0 Å². The molecule has 1 aliphatic rings. The molecule has 0 heterocycles. The van der Waals surface area contributed by atoms with E-state index in [1.165, 1.54) is 140 Å². The molecule has 382 valence electrons. The van der Waals surface area contributed by atoms with Crippen molar-refractivity contribution in [1.82, 2.24) is 0 Å². The maximum atomic E-state index is 2.65. The summed E-state index contributed by atoms with van der Waals surface area (Å²) in [6.07, 6.45) is 13.2. The van der Waals surface area contributed by atoms with Crippen molar-refractivity contribution in [2.75, 3.05) is 9.80 Å². The Bertz CT molecular complexity index is 2960. The third kappa shape index (κ3) is 11.7. The van der Waals surface area contributed by atoms with Gasteiger partial charge in [0.05, 0.1) is 11.4 Å². The summed E-state index contributed by atoms with van der Waals surface area (Å²) < 4.78 is 0. The summed E-state index contributed by atoms with van der Waals surface area (Å²) in [4.78, 5) is 5.10. The highest BCUT2D eigenvalue weighted by Crippen LogP contribution is 2.59. The topological polar surface area (TPSA) is 6.48 Å². The number of hydrogen-bond acceptors (Lipinski definition) is 2. The molecule has 0 fully saturated rings. The molecule has 1 aliphatic carbocycles. The molecule has 8 aromatic rings. The normalized spacial score (nSPS) is 14.6. The van der Waals surface area contributed by atoms with Gasteiger partial charge in [-0.3, -0.25) is 0 Å². The van der Waals surface area contributed by atoms with Crippen LogP contribution < -0.4 is 9.80 Å². The first-order valence-corrected chi connectivity index (χ1v) is 28.6. The second-order valence-electron chi connectivity index (χ2n) is 21.3. The lowest BCUT2D eigenvalue weighted by Gasteiger charge is -2.39. The van der Waals surface area contributed by atoms with E-state index in [4.69, 9.17) is 0 Å². The van der Waals surface area contributed by atoms with Gasteiger partial charge >= 0.3 is 0 Å². The zero-order valence-electron chi connectivity index (χ0n) is 47.0. The Hall–Kier alpha value is -6.12. The molecular weight excluding hydrogens is 881 g/mol. The molecule has 0 amide bonds. The first-order chi connectivity index (χ1) is 35.6. The summed E-state index contributed by atoms with van der Waals surface area (Å²) in [7, 11) is 0. The van der Waals surface area contributed by atoms with Crippen LogP contribution in [0, 0.1) is 11.8 Å². The van der Waals surface area contributed by atoms with Crippen molar-refractivity contribution in [1.29, 1.82) is 0 Å². The van der Waals surface area contributed by atoms with E-state index in [1.807, 2.05) is 27.7 Å². The van der Waals surface area contributed by atoms with E-state index in [0.29, 0.717) is 11.8 Å². The van der Waals surface area contributed by atoms with Crippen LogP contribution in [0.1, 0.15) is 170 Å². The van der Waals surface area contributed by atoms with E-state index in [2.05, 4.69) is 235 Å². The van der Waals surface area contributed by atoms with Gasteiger partial charge in [0, 0.05) is 38.9 Å². The Kier molecular flexibility index (Phi) is 18.9. The summed E-state index contributed by atoms with van der Waals surface area (Å²) in [5.74, 6) is 1.21. The first-order valence-electron chi connectivity index (χ1n) is 28.6. The van der Waals surface area contributed by atoms with Crippen molar-refractivity contribution in [3.63, 3.8) is 0 Å². The number of unbranched alkanes of at least 4 members (excludes halogenated alkanes) is 2. The molecule has 2 heteroatoms. The number of rotatable bonds is 19. The first kappa shape index (κ1) is 54.6. The van der Waals surface area contributed by atoms with Crippen LogP contribution in [-0.2, 0) is 17.3 Å². The third-order valence-electron chi connectivity index (χ3n) is 15.8. The highest BCUT2D eigenvalue weighted by atomic mass is 15.1. The van der Waals surface area contributed by atoms with Crippen LogP contribution in [0.4, 0.5) is 34.1 Å². The predicted molar refractivity (Wildman–Crippen MR) is 324 cm³/mol. The van der Waals surface area contributed by atoms with Crippen molar-refractivity contribution >= 4 is 55.7 Å². The second kappa shape index (κ2) is 25.2. The van der Waals surface area contributed by atoms with Crippen molar-refractivity contribution in [3.8, 4) is 11.1 Å². The molecule has 0 aliphatic heterocycles. The van der Waals surface area contributed by atoms with Crippen LogP contribution in [0.15, 0.2) is 170 Å². The lowest BCUT2D eigenvalue weighted by atomic mass is 9.65. The smallest absolute Gasteiger partial charge is 0.0540 e. The maximum Gasteiger partial charge on any atom is 0.0540 e. The minimum Gasteiger partial charge on any atom is -0.310 e. The molecule has 0 spiro atoms. The van der Waals surface area contributed by atoms with Crippen LogP contribution in [0.2, 0.25) is 0 Å². The monoisotopic (exact) mass is 969 g/mol. The molecule has 0 bridgehead atoms. The molecule has 9 rings (SSSR count). The zero-order valence-corrected chi connectivity index (χ0v) is 47.0. The summed E-state index contributed by atoms with van der Waals surface area (Å²) in [6, 6.07) is 65.3. The largest absolute Gasteiger partial charge is 0.310 e. The number of hydrogen-bond donors (Lipinski definition) is 0. The molecule has 0 saturated carbocycles. The van der Waals surface area contributed by atoms with Gasteiger partial charge in [-0.25, -0.2) is 0 Å². The fourth-order valence-corrected chi connectivity index (χ4v) is 11.8. The Morgan fingerprint density at radius 2 is 0.836 bits per heavy atom. The summed E-state index contributed by atoms with van der Waals surface area (Å²) in [6.45, 7) is 26.8. The molecular formula is C71H88N2. The van der Waals surface area contributed by atoms with Gasteiger partial charge in [0.1, 0.15) is 0 Å². The second-order valence-corrected chi connectivity index (χ2v) is 21.3. The summed E-state index contributed by atoms with van der Waals surface area (Å²) in [5.41, 5.74) is 15.7. The molecule has 0 N–H and O–H groups in total. The number of nitrogens with zero attached hydrogens (tertiary/aromatic N) is 2. The Labute approximate surface area is 442 Å². The number of fused-ring (bicyclic) bond motifs is 5.